The Morgan fingerprint density at radius 3 is 2.65 bits per heavy atom. The zero-order valence-corrected chi connectivity index (χ0v) is 19.4. The maximum absolute atomic E-state index is 13.2. The average molecular weight is 468 g/mol. The Balaban J connectivity index is 1.78. The molecule has 2 aromatic rings. The van der Waals surface area contributed by atoms with Crippen LogP contribution in [-0.2, 0) is 14.3 Å². The van der Waals surface area contributed by atoms with E-state index in [9.17, 15) is 14.7 Å². The minimum atomic E-state index is -0.754. The molecule has 1 N–H and O–H groups in total. The zero-order valence-electron chi connectivity index (χ0n) is 19.4. The van der Waals surface area contributed by atoms with Crippen LogP contribution in [0, 0.1) is 0 Å². The Morgan fingerprint density at radius 2 is 1.88 bits per heavy atom. The fourth-order valence-corrected chi connectivity index (χ4v) is 4.18. The number of likely N-dealkylation sites (tertiary alicyclic amines) is 1. The number of methoxy groups -OCH3 is 1. The summed E-state index contributed by atoms with van der Waals surface area (Å²) >= 11 is 0. The van der Waals surface area contributed by atoms with Crippen LogP contribution in [0.15, 0.2) is 48.0 Å². The number of fused-ring (bicyclic) bond motifs is 1. The van der Waals surface area contributed by atoms with Gasteiger partial charge in [0.05, 0.1) is 18.2 Å². The molecule has 1 atom stereocenters. The molecule has 0 aliphatic carbocycles. The molecule has 0 bridgehead atoms. The Bertz CT molecular complexity index is 1090. The Labute approximate surface area is 198 Å². The van der Waals surface area contributed by atoms with Gasteiger partial charge in [-0.1, -0.05) is 19.1 Å². The maximum atomic E-state index is 13.2. The number of Topliss-reactive ketones (excluding diaryl/α,β-unsaturated/α-hetero) is 1. The lowest BCUT2D eigenvalue weighted by atomic mass is 9.95. The average Bonchev–Trinajstić information content (AvgIpc) is 3.12. The summed E-state index contributed by atoms with van der Waals surface area (Å²) in [6, 6.07) is 11.5. The van der Waals surface area contributed by atoms with Crippen LogP contribution in [0.25, 0.3) is 5.76 Å². The van der Waals surface area contributed by atoms with Crippen molar-refractivity contribution in [3.05, 3.63) is 59.2 Å². The van der Waals surface area contributed by atoms with Gasteiger partial charge in [-0.2, -0.15) is 0 Å². The van der Waals surface area contributed by atoms with Crippen LogP contribution in [0.3, 0.4) is 0 Å². The van der Waals surface area contributed by atoms with Gasteiger partial charge in [-0.15, -0.1) is 0 Å². The highest BCUT2D eigenvalue weighted by molar-refractivity contribution is 6.46. The van der Waals surface area contributed by atoms with Crippen molar-refractivity contribution in [1.29, 1.82) is 0 Å². The van der Waals surface area contributed by atoms with Crippen molar-refractivity contribution in [3.8, 4) is 17.2 Å². The van der Waals surface area contributed by atoms with Crippen molar-refractivity contribution in [2.45, 2.75) is 25.8 Å². The topological polar surface area (TPSA) is 94.5 Å². The van der Waals surface area contributed by atoms with Gasteiger partial charge < -0.3 is 29.0 Å². The monoisotopic (exact) mass is 467 g/mol. The number of carbonyl (C=O) groups excluding carboxylic acids is 2. The molecule has 180 valence electrons. The largest absolute Gasteiger partial charge is 0.507 e. The van der Waals surface area contributed by atoms with Crippen LogP contribution in [0.5, 0.6) is 17.2 Å². The molecule has 1 amide bonds. The number of benzene rings is 2. The molecule has 4 rings (SSSR count). The molecule has 1 unspecified atom stereocenters. The summed E-state index contributed by atoms with van der Waals surface area (Å²) in [6.45, 7) is 4.15. The number of carbonyl (C=O) groups is 2. The molecule has 0 aromatic heterocycles. The fourth-order valence-electron chi connectivity index (χ4n) is 4.18. The molecule has 34 heavy (non-hydrogen) atoms. The van der Waals surface area contributed by atoms with E-state index in [-0.39, 0.29) is 11.3 Å². The smallest absolute Gasteiger partial charge is 0.295 e. The van der Waals surface area contributed by atoms with Crippen LogP contribution in [0.1, 0.15) is 36.9 Å². The van der Waals surface area contributed by atoms with Gasteiger partial charge in [0.1, 0.15) is 24.7 Å². The van der Waals surface area contributed by atoms with Gasteiger partial charge in [-0.05, 0) is 48.7 Å². The van der Waals surface area contributed by atoms with Crippen LogP contribution in [0.2, 0.25) is 0 Å². The van der Waals surface area contributed by atoms with E-state index < -0.39 is 17.7 Å². The van der Waals surface area contributed by atoms with Crippen molar-refractivity contribution in [1.82, 2.24) is 4.90 Å². The maximum Gasteiger partial charge on any atom is 0.295 e. The van der Waals surface area contributed by atoms with Crippen molar-refractivity contribution < 1.29 is 33.6 Å². The molecule has 2 heterocycles. The summed E-state index contributed by atoms with van der Waals surface area (Å²) in [5.41, 5.74) is 1.10. The SMILES string of the molecule is CCCOc1cccc(C2C(=C(O)c3ccc4c(c3)OCCO4)C(=O)C(=O)N2CCCOC)c1. The minimum absolute atomic E-state index is 0.0340. The number of ether oxygens (including phenoxy) is 4. The third-order valence-electron chi connectivity index (χ3n) is 5.75. The summed E-state index contributed by atoms with van der Waals surface area (Å²) in [4.78, 5) is 27.7. The van der Waals surface area contributed by atoms with E-state index in [0.29, 0.717) is 67.8 Å². The lowest BCUT2D eigenvalue weighted by Gasteiger charge is -2.26. The number of aliphatic hydroxyl groups is 1. The third kappa shape index (κ3) is 4.72. The lowest BCUT2D eigenvalue weighted by Crippen LogP contribution is -2.31. The molecule has 2 aromatic carbocycles. The predicted octanol–water partition coefficient (Wildman–Crippen LogP) is 3.70. The summed E-state index contributed by atoms with van der Waals surface area (Å²) in [6.07, 6.45) is 1.40. The standard InChI is InChI=1S/C26H29NO7/c1-3-11-32-19-7-4-6-17(15-19)23-22(25(29)26(30)27(23)10-5-12-31-2)24(28)18-8-9-20-21(16-18)34-14-13-33-20/h4,6-9,15-16,23,28H,3,5,10-14H2,1-2H3. The highest BCUT2D eigenvalue weighted by atomic mass is 16.6. The molecule has 2 aliphatic heterocycles. The molecule has 1 fully saturated rings. The van der Waals surface area contributed by atoms with E-state index in [0.717, 1.165) is 6.42 Å². The van der Waals surface area contributed by atoms with Gasteiger partial charge in [-0.25, -0.2) is 0 Å². The number of amides is 1. The van der Waals surface area contributed by atoms with E-state index in [1.165, 1.54) is 4.90 Å². The van der Waals surface area contributed by atoms with E-state index in [1.54, 1.807) is 25.3 Å². The molecule has 8 nitrogen and oxygen atoms in total. The number of hydrogen-bond donors (Lipinski definition) is 1. The lowest BCUT2D eigenvalue weighted by molar-refractivity contribution is -0.140. The Kier molecular flexibility index (Phi) is 7.37. The number of aliphatic hydroxyl groups excluding tert-OH is 1. The summed E-state index contributed by atoms with van der Waals surface area (Å²) in [5, 5.41) is 11.3. The zero-order chi connectivity index (χ0) is 24.1. The van der Waals surface area contributed by atoms with Gasteiger partial charge in [0, 0.05) is 25.8 Å². The van der Waals surface area contributed by atoms with E-state index in [4.69, 9.17) is 18.9 Å². The van der Waals surface area contributed by atoms with Gasteiger partial charge in [0.25, 0.3) is 11.7 Å². The summed E-state index contributed by atoms with van der Waals surface area (Å²) in [7, 11) is 1.59. The number of ketones is 1. The quantitative estimate of drug-likeness (QED) is 0.260. The Morgan fingerprint density at radius 1 is 1.09 bits per heavy atom. The van der Waals surface area contributed by atoms with Crippen LogP contribution in [-0.4, -0.2) is 61.8 Å². The van der Waals surface area contributed by atoms with E-state index in [1.807, 2.05) is 31.2 Å². The second-order valence-corrected chi connectivity index (χ2v) is 8.12. The normalized spacial score (nSPS) is 18.9. The third-order valence-corrected chi connectivity index (χ3v) is 5.75. The fraction of sp³-hybridized carbons (Fsp3) is 0.385. The molecule has 8 heteroatoms. The highest BCUT2D eigenvalue weighted by Crippen LogP contribution is 2.41. The first-order chi connectivity index (χ1) is 16.5. The first-order valence-electron chi connectivity index (χ1n) is 11.4. The molecule has 2 aliphatic rings. The second kappa shape index (κ2) is 10.6. The van der Waals surface area contributed by atoms with Gasteiger partial charge >= 0.3 is 0 Å². The minimum Gasteiger partial charge on any atom is -0.507 e. The first kappa shape index (κ1) is 23.6. The Hall–Kier alpha value is -3.52. The van der Waals surface area contributed by atoms with Crippen molar-refractivity contribution >= 4 is 17.4 Å². The van der Waals surface area contributed by atoms with Crippen molar-refractivity contribution in [3.63, 3.8) is 0 Å². The number of rotatable bonds is 9. The summed E-state index contributed by atoms with van der Waals surface area (Å²) < 4.78 is 22.1. The molecule has 1 saturated heterocycles. The van der Waals surface area contributed by atoms with Crippen LogP contribution < -0.4 is 14.2 Å². The molecule has 0 radical (unpaired) electrons. The van der Waals surface area contributed by atoms with E-state index >= 15 is 0 Å². The van der Waals surface area contributed by atoms with Crippen molar-refractivity contribution in [2.24, 2.45) is 0 Å². The second-order valence-electron chi connectivity index (χ2n) is 8.12. The molecular formula is C26H29NO7. The number of hydrogen-bond acceptors (Lipinski definition) is 7. The predicted molar refractivity (Wildman–Crippen MR) is 125 cm³/mol. The van der Waals surface area contributed by atoms with Crippen LogP contribution in [0.4, 0.5) is 0 Å². The summed E-state index contributed by atoms with van der Waals surface area (Å²) in [5.74, 6) is 0.0571. The van der Waals surface area contributed by atoms with Gasteiger partial charge in [-0.3, -0.25) is 9.59 Å². The molecule has 0 spiro atoms. The first-order valence-corrected chi connectivity index (χ1v) is 11.4. The molecule has 0 saturated carbocycles. The van der Waals surface area contributed by atoms with Crippen molar-refractivity contribution in [2.75, 3.05) is 40.1 Å². The number of nitrogens with zero attached hydrogens (tertiary/aromatic N) is 1. The van der Waals surface area contributed by atoms with Gasteiger partial charge in [0.15, 0.2) is 11.5 Å². The van der Waals surface area contributed by atoms with Gasteiger partial charge in [0.2, 0.25) is 0 Å². The molecular weight excluding hydrogens is 438 g/mol. The van der Waals surface area contributed by atoms with Crippen LogP contribution >= 0.6 is 0 Å². The van der Waals surface area contributed by atoms with E-state index in [2.05, 4.69) is 0 Å². The highest BCUT2D eigenvalue weighted by Gasteiger charge is 2.46.